The molecule has 0 saturated carbocycles. The summed E-state index contributed by atoms with van der Waals surface area (Å²) in [6.07, 6.45) is 5.73. The monoisotopic (exact) mass is 199 g/mol. The van der Waals surface area contributed by atoms with Gasteiger partial charge >= 0.3 is 0 Å². The second-order valence-electron chi connectivity index (χ2n) is 2.86. The molecule has 0 spiro atoms. The van der Waals surface area contributed by atoms with Gasteiger partial charge in [-0.05, 0) is 23.8 Å². The Hall–Kier alpha value is -1.50. The van der Waals surface area contributed by atoms with Crippen LogP contribution in [-0.4, -0.2) is 6.21 Å². The van der Waals surface area contributed by atoms with E-state index in [1.165, 1.54) is 22.4 Å². The van der Waals surface area contributed by atoms with Crippen molar-refractivity contribution in [2.75, 3.05) is 0 Å². The molecule has 0 unspecified atom stereocenters. The van der Waals surface area contributed by atoms with Gasteiger partial charge in [0.25, 0.3) is 0 Å². The molecule has 0 atom stereocenters. The minimum Gasteiger partial charge on any atom is -0.219 e. The van der Waals surface area contributed by atoms with E-state index in [1.807, 2.05) is 24.4 Å². The maximum Gasteiger partial charge on any atom is 0.0434 e. The van der Waals surface area contributed by atoms with Gasteiger partial charge < -0.3 is 0 Å². The summed E-state index contributed by atoms with van der Waals surface area (Å²) in [4.78, 5) is 1.18. The van der Waals surface area contributed by atoms with Gasteiger partial charge in [0.1, 0.15) is 0 Å². The molecule has 0 fully saturated rings. The number of benzene rings is 1. The normalized spacial score (nSPS) is 13.6. The molecule has 1 aliphatic heterocycles. The third kappa shape index (κ3) is 1.87. The van der Waals surface area contributed by atoms with E-state index in [0.717, 1.165) is 5.57 Å². The van der Waals surface area contributed by atoms with Gasteiger partial charge in [-0.25, -0.2) is 4.40 Å². The van der Waals surface area contributed by atoms with Crippen LogP contribution in [0.4, 0.5) is 0 Å². The summed E-state index contributed by atoms with van der Waals surface area (Å²) in [6, 6.07) is 8.18. The Kier molecular flexibility index (Phi) is 2.68. The largest absolute Gasteiger partial charge is 0.219 e. The molecule has 0 saturated heterocycles. The van der Waals surface area contributed by atoms with Gasteiger partial charge in [0.2, 0.25) is 0 Å². The van der Waals surface area contributed by atoms with E-state index in [-0.39, 0.29) is 0 Å². The summed E-state index contributed by atoms with van der Waals surface area (Å²) in [5.74, 6) is 0. The molecule has 0 N–H and O–H groups in total. The van der Waals surface area contributed by atoms with Crippen LogP contribution in [-0.2, 0) is 0 Å². The van der Waals surface area contributed by atoms with Crippen molar-refractivity contribution in [2.24, 2.45) is 4.40 Å². The SMILES string of the molecule is C=C=CC1=Cc2ccccc2SN=C1. The number of fused-ring (bicyclic) bond motifs is 1. The second kappa shape index (κ2) is 4.14. The smallest absolute Gasteiger partial charge is 0.0434 e. The molecule has 0 aromatic heterocycles. The first-order valence-electron chi connectivity index (χ1n) is 4.27. The standard InChI is InChI=1S/C12H9NS/c1-2-5-10-8-11-6-3-4-7-12(11)14-13-9-10/h3-9H,1H2. The molecule has 68 valence electrons. The maximum atomic E-state index is 4.24. The lowest BCUT2D eigenvalue weighted by molar-refractivity contribution is 1.42. The third-order valence-corrected chi connectivity index (χ3v) is 2.64. The Balaban J connectivity index is 2.51. The molecule has 1 aromatic carbocycles. The van der Waals surface area contributed by atoms with Crippen LogP contribution >= 0.6 is 11.9 Å². The van der Waals surface area contributed by atoms with Crippen molar-refractivity contribution in [1.29, 1.82) is 0 Å². The lowest BCUT2D eigenvalue weighted by Gasteiger charge is -1.98. The van der Waals surface area contributed by atoms with Crippen molar-refractivity contribution in [3.63, 3.8) is 0 Å². The van der Waals surface area contributed by atoms with E-state index >= 15 is 0 Å². The number of allylic oxidation sites excluding steroid dienone is 2. The predicted molar refractivity (Wildman–Crippen MR) is 62.5 cm³/mol. The summed E-state index contributed by atoms with van der Waals surface area (Å²) >= 11 is 1.49. The third-order valence-electron chi connectivity index (χ3n) is 1.86. The Morgan fingerprint density at radius 3 is 3.07 bits per heavy atom. The number of hydrogen-bond acceptors (Lipinski definition) is 2. The van der Waals surface area contributed by atoms with Gasteiger partial charge in [-0.15, -0.1) is 5.73 Å². The molecule has 14 heavy (non-hydrogen) atoms. The molecule has 1 nitrogen and oxygen atoms in total. The van der Waals surface area contributed by atoms with Crippen LogP contribution in [0.1, 0.15) is 5.56 Å². The van der Waals surface area contributed by atoms with Gasteiger partial charge in [0.15, 0.2) is 0 Å². The van der Waals surface area contributed by atoms with Crippen molar-refractivity contribution in [3.05, 3.63) is 53.8 Å². The molecule has 0 radical (unpaired) electrons. The first kappa shape index (κ1) is 9.07. The highest BCUT2D eigenvalue weighted by atomic mass is 32.2. The minimum atomic E-state index is 1.03. The lowest BCUT2D eigenvalue weighted by atomic mass is 10.1. The highest BCUT2D eigenvalue weighted by Gasteiger charge is 2.02. The van der Waals surface area contributed by atoms with Crippen molar-refractivity contribution in [2.45, 2.75) is 4.90 Å². The zero-order valence-corrected chi connectivity index (χ0v) is 8.42. The van der Waals surface area contributed by atoms with Crippen LogP contribution in [0.2, 0.25) is 0 Å². The van der Waals surface area contributed by atoms with Crippen LogP contribution in [0.15, 0.2) is 57.5 Å². The summed E-state index contributed by atoms with van der Waals surface area (Å²) in [7, 11) is 0. The average Bonchev–Trinajstić information content (AvgIpc) is 2.40. The number of nitrogens with zero attached hydrogens (tertiary/aromatic N) is 1. The Labute approximate surface area is 87.7 Å². The van der Waals surface area contributed by atoms with E-state index in [4.69, 9.17) is 0 Å². The molecule has 1 aliphatic rings. The summed E-state index contributed by atoms with van der Waals surface area (Å²) in [5.41, 5.74) is 4.97. The summed E-state index contributed by atoms with van der Waals surface area (Å²) in [6.45, 7) is 3.55. The average molecular weight is 199 g/mol. The van der Waals surface area contributed by atoms with Crippen LogP contribution in [0.5, 0.6) is 0 Å². The van der Waals surface area contributed by atoms with Crippen LogP contribution < -0.4 is 0 Å². The van der Waals surface area contributed by atoms with E-state index < -0.39 is 0 Å². The molecule has 2 rings (SSSR count). The zero-order chi connectivity index (χ0) is 9.80. The van der Waals surface area contributed by atoms with E-state index in [2.05, 4.69) is 34.9 Å². The molecule has 0 amide bonds. The van der Waals surface area contributed by atoms with Gasteiger partial charge in [-0.3, -0.25) is 0 Å². The zero-order valence-electron chi connectivity index (χ0n) is 7.60. The first-order valence-corrected chi connectivity index (χ1v) is 5.04. The molecule has 1 heterocycles. The summed E-state index contributed by atoms with van der Waals surface area (Å²) in [5, 5.41) is 0. The van der Waals surface area contributed by atoms with E-state index in [0.29, 0.717) is 0 Å². The van der Waals surface area contributed by atoms with Crippen molar-refractivity contribution in [3.8, 4) is 0 Å². The molecular formula is C12H9NS. The Morgan fingerprint density at radius 1 is 1.36 bits per heavy atom. The molecule has 2 heteroatoms. The highest BCUT2D eigenvalue weighted by Crippen LogP contribution is 2.27. The molecular weight excluding hydrogens is 190 g/mol. The maximum absolute atomic E-state index is 4.24. The highest BCUT2D eigenvalue weighted by molar-refractivity contribution is 7.98. The van der Waals surface area contributed by atoms with Gasteiger partial charge in [-0.1, -0.05) is 24.8 Å². The van der Waals surface area contributed by atoms with Crippen LogP contribution in [0, 0.1) is 0 Å². The topological polar surface area (TPSA) is 12.4 Å². The molecule has 1 aromatic rings. The predicted octanol–water partition coefficient (Wildman–Crippen LogP) is 3.50. The minimum absolute atomic E-state index is 1.03. The molecule has 0 aliphatic carbocycles. The fourth-order valence-electron chi connectivity index (χ4n) is 1.24. The number of rotatable bonds is 1. The quantitative estimate of drug-likeness (QED) is 0.498. The van der Waals surface area contributed by atoms with Crippen molar-refractivity contribution < 1.29 is 0 Å². The molecule has 0 bridgehead atoms. The van der Waals surface area contributed by atoms with Gasteiger partial charge in [-0.2, -0.15) is 0 Å². The van der Waals surface area contributed by atoms with Crippen LogP contribution in [0.25, 0.3) is 6.08 Å². The van der Waals surface area contributed by atoms with Gasteiger partial charge in [0, 0.05) is 28.6 Å². The summed E-state index contributed by atoms with van der Waals surface area (Å²) < 4.78 is 4.24. The van der Waals surface area contributed by atoms with E-state index in [9.17, 15) is 0 Å². The van der Waals surface area contributed by atoms with Crippen LogP contribution in [0.3, 0.4) is 0 Å². The lowest BCUT2D eigenvalue weighted by Crippen LogP contribution is -1.78. The Morgan fingerprint density at radius 2 is 2.21 bits per heavy atom. The second-order valence-corrected chi connectivity index (χ2v) is 3.69. The first-order chi connectivity index (χ1) is 6.90. The fourth-order valence-corrected chi connectivity index (χ4v) is 1.90. The number of hydrogen-bond donors (Lipinski definition) is 0. The Bertz CT molecular complexity index is 451. The van der Waals surface area contributed by atoms with Crippen molar-refractivity contribution in [1.82, 2.24) is 0 Å². The fraction of sp³-hybridized carbons (Fsp3) is 0. The van der Waals surface area contributed by atoms with Gasteiger partial charge in [0.05, 0.1) is 0 Å². The van der Waals surface area contributed by atoms with E-state index in [1.54, 1.807) is 0 Å². The van der Waals surface area contributed by atoms with Crippen molar-refractivity contribution >= 4 is 24.2 Å².